The summed E-state index contributed by atoms with van der Waals surface area (Å²) in [6.45, 7) is 6.00. The summed E-state index contributed by atoms with van der Waals surface area (Å²) in [7, 11) is 0. The Labute approximate surface area is 135 Å². The topological polar surface area (TPSA) is 61.4 Å². The van der Waals surface area contributed by atoms with Crippen LogP contribution in [0, 0.1) is 11.3 Å². The molecular formula is C16H23N3O2S. The molecule has 2 heterocycles. The highest BCUT2D eigenvalue weighted by molar-refractivity contribution is 7.09. The predicted octanol–water partition coefficient (Wildman–Crippen LogP) is 2.19. The van der Waals surface area contributed by atoms with Gasteiger partial charge in [-0.2, -0.15) is 0 Å². The summed E-state index contributed by atoms with van der Waals surface area (Å²) < 4.78 is 0. The molecule has 1 saturated carbocycles. The Morgan fingerprint density at radius 2 is 2.32 bits per heavy atom. The van der Waals surface area contributed by atoms with Crippen molar-refractivity contribution in [1.82, 2.24) is 15.5 Å². The second-order valence-corrected chi connectivity index (χ2v) is 7.72. The van der Waals surface area contributed by atoms with E-state index in [0.717, 1.165) is 19.4 Å². The highest BCUT2D eigenvalue weighted by Crippen LogP contribution is 2.58. The summed E-state index contributed by atoms with van der Waals surface area (Å²) in [6, 6.07) is 4.17. The smallest absolute Gasteiger partial charge is 0.317 e. The molecule has 1 aromatic heterocycles. The van der Waals surface area contributed by atoms with E-state index >= 15 is 0 Å². The van der Waals surface area contributed by atoms with Crippen LogP contribution in [0.3, 0.4) is 0 Å². The quantitative estimate of drug-likeness (QED) is 0.893. The number of nitrogens with one attached hydrogen (secondary N) is 2. The van der Waals surface area contributed by atoms with Gasteiger partial charge in [-0.15, -0.1) is 11.3 Å². The van der Waals surface area contributed by atoms with Crippen LogP contribution in [0.5, 0.6) is 0 Å². The number of carbonyl (C=O) groups excluding carboxylic acids is 2. The van der Waals surface area contributed by atoms with Crippen LogP contribution >= 0.6 is 11.3 Å². The van der Waals surface area contributed by atoms with E-state index < -0.39 is 0 Å². The summed E-state index contributed by atoms with van der Waals surface area (Å²) >= 11 is 1.65. The summed E-state index contributed by atoms with van der Waals surface area (Å²) in [5.41, 5.74) is 0.0356. The van der Waals surface area contributed by atoms with Crippen LogP contribution in [0.15, 0.2) is 17.5 Å². The summed E-state index contributed by atoms with van der Waals surface area (Å²) in [4.78, 5) is 27.4. The van der Waals surface area contributed by atoms with E-state index in [9.17, 15) is 9.59 Å². The summed E-state index contributed by atoms with van der Waals surface area (Å²) in [5, 5.41) is 7.97. The van der Waals surface area contributed by atoms with E-state index in [4.69, 9.17) is 0 Å². The lowest BCUT2D eigenvalue weighted by atomic mass is 10.0. The van der Waals surface area contributed by atoms with Gasteiger partial charge >= 0.3 is 6.03 Å². The van der Waals surface area contributed by atoms with Gasteiger partial charge in [-0.05, 0) is 38.1 Å². The van der Waals surface area contributed by atoms with Gasteiger partial charge in [0.05, 0.1) is 6.54 Å². The van der Waals surface area contributed by atoms with Crippen molar-refractivity contribution in [2.24, 2.45) is 11.3 Å². The largest absolute Gasteiger partial charge is 0.351 e. The Kier molecular flexibility index (Phi) is 4.12. The highest BCUT2D eigenvalue weighted by atomic mass is 32.1. The van der Waals surface area contributed by atoms with Crippen molar-refractivity contribution in [2.75, 3.05) is 13.1 Å². The molecule has 0 unspecified atom stereocenters. The second kappa shape index (κ2) is 5.91. The number of carbonyl (C=O) groups is 2. The molecule has 5 nitrogen and oxygen atoms in total. The monoisotopic (exact) mass is 321 g/mol. The number of hydrogen-bond donors (Lipinski definition) is 2. The van der Waals surface area contributed by atoms with Gasteiger partial charge in [0.15, 0.2) is 0 Å². The SMILES string of the molecule is CC(C)NC(=O)N1CC[C@@]2(C[C@@H]2C(=O)NCc2cccs2)C1. The molecule has 2 N–H and O–H groups in total. The molecule has 3 amide bonds. The molecule has 3 rings (SSSR count). The van der Waals surface area contributed by atoms with Gasteiger partial charge in [-0.3, -0.25) is 4.79 Å². The van der Waals surface area contributed by atoms with Crippen LogP contribution in [0.1, 0.15) is 31.6 Å². The Balaban J connectivity index is 1.49. The second-order valence-electron chi connectivity index (χ2n) is 6.69. The zero-order valence-electron chi connectivity index (χ0n) is 13.1. The zero-order valence-corrected chi connectivity index (χ0v) is 13.9. The fourth-order valence-corrected chi connectivity index (χ4v) is 3.93. The maximum absolute atomic E-state index is 12.3. The minimum atomic E-state index is -0.00322. The molecule has 1 aliphatic heterocycles. The van der Waals surface area contributed by atoms with Crippen molar-refractivity contribution >= 4 is 23.3 Å². The average molecular weight is 321 g/mol. The normalized spacial score (nSPS) is 26.5. The van der Waals surface area contributed by atoms with Gasteiger partial charge < -0.3 is 15.5 Å². The van der Waals surface area contributed by atoms with Crippen LogP contribution in [-0.2, 0) is 11.3 Å². The molecule has 22 heavy (non-hydrogen) atoms. The van der Waals surface area contributed by atoms with Crippen molar-refractivity contribution < 1.29 is 9.59 Å². The molecule has 2 fully saturated rings. The lowest BCUT2D eigenvalue weighted by Crippen LogP contribution is -2.42. The molecule has 2 atom stereocenters. The van der Waals surface area contributed by atoms with Gasteiger partial charge in [0.25, 0.3) is 0 Å². The van der Waals surface area contributed by atoms with E-state index in [2.05, 4.69) is 10.6 Å². The summed E-state index contributed by atoms with van der Waals surface area (Å²) in [5.74, 6) is 0.212. The minimum absolute atomic E-state index is 0.00322. The molecule has 1 saturated heterocycles. The third-order valence-electron chi connectivity index (χ3n) is 4.61. The number of hydrogen-bond acceptors (Lipinski definition) is 3. The van der Waals surface area contributed by atoms with Crippen molar-refractivity contribution in [3.8, 4) is 0 Å². The molecule has 6 heteroatoms. The molecule has 0 radical (unpaired) electrons. The molecular weight excluding hydrogens is 298 g/mol. The molecule has 2 aliphatic rings. The van der Waals surface area contributed by atoms with Crippen molar-refractivity contribution in [3.63, 3.8) is 0 Å². The van der Waals surface area contributed by atoms with Crippen LogP contribution in [0.25, 0.3) is 0 Å². The molecule has 120 valence electrons. The minimum Gasteiger partial charge on any atom is -0.351 e. The Morgan fingerprint density at radius 1 is 1.50 bits per heavy atom. The molecule has 0 bridgehead atoms. The number of urea groups is 1. The van der Waals surface area contributed by atoms with E-state index in [1.807, 2.05) is 36.3 Å². The maximum Gasteiger partial charge on any atom is 0.317 e. The van der Waals surface area contributed by atoms with Gasteiger partial charge in [-0.1, -0.05) is 6.07 Å². The van der Waals surface area contributed by atoms with Crippen LogP contribution in [0.2, 0.25) is 0 Å². The number of likely N-dealkylation sites (tertiary alicyclic amines) is 1. The van der Waals surface area contributed by atoms with E-state index in [0.29, 0.717) is 13.1 Å². The van der Waals surface area contributed by atoms with Gasteiger partial charge in [-0.25, -0.2) is 4.79 Å². The third-order valence-corrected chi connectivity index (χ3v) is 5.48. The Hall–Kier alpha value is -1.56. The Bertz CT molecular complexity index is 558. The molecule has 1 aliphatic carbocycles. The van der Waals surface area contributed by atoms with E-state index in [1.165, 1.54) is 4.88 Å². The molecule has 1 aromatic rings. The standard InChI is InChI=1S/C16H23N3O2S/c1-11(2)18-15(21)19-6-5-16(10-19)8-13(16)14(20)17-9-12-4-3-7-22-12/h3-4,7,11,13H,5-6,8-10H2,1-2H3,(H,17,20)(H,18,21)/t13-,16-/m1/s1. The van der Waals surface area contributed by atoms with Crippen LogP contribution < -0.4 is 10.6 Å². The third kappa shape index (κ3) is 3.11. The number of rotatable bonds is 4. The lowest BCUT2D eigenvalue weighted by Gasteiger charge is -2.19. The van der Waals surface area contributed by atoms with Gasteiger partial charge in [0.1, 0.15) is 0 Å². The first kappa shape index (κ1) is 15.3. The maximum atomic E-state index is 12.3. The predicted molar refractivity (Wildman–Crippen MR) is 86.6 cm³/mol. The fraction of sp³-hybridized carbons (Fsp3) is 0.625. The first-order chi connectivity index (χ1) is 10.5. The lowest BCUT2D eigenvalue weighted by molar-refractivity contribution is -0.123. The summed E-state index contributed by atoms with van der Waals surface area (Å²) in [6.07, 6.45) is 1.85. The van der Waals surface area contributed by atoms with Crippen molar-refractivity contribution in [3.05, 3.63) is 22.4 Å². The average Bonchev–Trinajstić information content (AvgIpc) is 2.81. The first-order valence-corrected chi connectivity index (χ1v) is 8.74. The number of thiophene rings is 1. The van der Waals surface area contributed by atoms with Crippen LogP contribution in [-0.4, -0.2) is 36.0 Å². The number of nitrogens with zero attached hydrogens (tertiary/aromatic N) is 1. The molecule has 0 aromatic carbocycles. The fourth-order valence-electron chi connectivity index (χ4n) is 3.29. The Morgan fingerprint density at radius 3 is 3.00 bits per heavy atom. The van der Waals surface area contributed by atoms with Gasteiger partial charge in [0.2, 0.25) is 5.91 Å². The molecule has 1 spiro atoms. The van der Waals surface area contributed by atoms with Crippen molar-refractivity contribution in [1.29, 1.82) is 0 Å². The highest BCUT2D eigenvalue weighted by Gasteiger charge is 2.61. The first-order valence-electron chi connectivity index (χ1n) is 7.86. The van der Waals surface area contributed by atoms with E-state index in [-0.39, 0.29) is 29.3 Å². The van der Waals surface area contributed by atoms with E-state index in [1.54, 1.807) is 11.3 Å². The van der Waals surface area contributed by atoms with Crippen LogP contribution in [0.4, 0.5) is 4.79 Å². The van der Waals surface area contributed by atoms with Gasteiger partial charge in [0, 0.05) is 35.3 Å². The number of amides is 3. The zero-order chi connectivity index (χ0) is 15.7. The van der Waals surface area contributed by atoms with Crippen molar-refractivity contribution in [2.45, 2.75) is 39.3 Å².